The van der Waals surface area contributed by atoms with Gasteiger partial charge in [0.2, 0.25) is 11.7 Å². The van der Waals surface area contributed by atoms with Crippen LogP contribution in [0.3, 0.4) is 0 Å². The fourth-order valence-corrected chi connectivity index (χ4v) is 5.56. The number of benzene rings is 2. The highest BCUT2D eigenvalue weighted by Crippen LogP contribution is 2.40. The van der Waals surface area contributed by atoms with Gasteiger partial charge < -0.3 is 55.3 Å². The Kier molecular flexibility index (Phi) is 11.0. The Labute approximate surface area is 296 Å². The minimum absolute atomic E-state index is 0.0753. The number of nitrogens with one attached hydrogen (secondary N) is 3. The highest BCUT2D eigenvalue weighted by molar-refractivity contribution is 6.31. The first-order chi connectivity index (χ1) is 24.0. The Morgan fingerprint density at radius 2 is 1.82 bits per heavy atom. The molecule has 5 rings (SSSR count). The van der Waals surface area contributed by atoms with Gasteiger partial charge in [0.25, 0.3) is 5.91 Å². The monoisotopic (exact) mass is 729 g/mol. The van der Waals surface area contributed by atoms with Crippen molar-refractivity contribution >= 4 is 64.0 Å². The van der Waals surface area contributed by atoms with Crippen LogP contribution in [0.5, 0.6) is 5.75 Å². The number of aliphatic hydroxyl groups is 3. The van der Waals surface area contributed by atoms with Gasteiger partial charge in [-0.15, -0.1) is 0 Å². The van der Waals surface area contributed by atoms with Crippen LogP contribution in [0.15, 0.2) is 48.5 Å². The molecule has 1 amide bonds. The Balaban J connectivity index is 1.49. The zero-order valence-corrected chi connectivity index (χ0v) is 29.0. The summed E-state index contributed by atoms with van der Waals surface area (Å²) < 4.78 is 29.7. The Morgan fingerprint density at radius 1 is 1.10 bits per heavy atom. The van der Waals surface area contributed by atoms with E-state index >= 15 is 0 Å². The smallest absolute Gasteiger partial charge is 0.344 e. The lowest BCUT2D eigenvalue weighted by molar-refractivity contribution is -0.171. The maximum atomic E-state index is 14.3. The van der Waals surface area contributed by atoms with E-state index in [2.05, 4.69) is 30.8 Å². The van der Waals surface area contributed by atoms with Gasteiger partial charge in [0.15, 0.2) is 12.2 Å². The number of amides is 1. The maximum Gasteiger partial charge on any atom is 0.344 e. The van der Waals surface area contributed by atoms with Crippen molar-refractivity contribution in [3.63, 3.8) is 0 Å². The molecule has 6 N–H and O–H groups in total. The summed E-state index contributed by atoms with van der Waals surface area (Å²) in [5.41, 5.74) is 0.186. The van der Waals surface area contributed by atoms with Crippen LogP contribution in [0.2, 0.25) is 5.02 Å². The topological polar surface area (TPSA) is 208 Å². The second-order valence-corrected chi connectivity index (χ2v) is 12.9. The van der Waals surface area contributed by atoms with Crippen molar-refractivity contribution in [1.29, 1.82) is 0 Å². The van der Waals surface area contributed by atoms with Crippen molar-refractivity contribution in [2.24, 2.45) is 0 Å². The molecule has 18 heteroatoms. The van der Waals surface area contributed by atoms with Crippen molar-refractivity contribution < 1.29 is 48.3 Å². The number of hydrogen-bond acceptors (Lipinski definition) is 15. The highest BCUT2D eigenvalue weighted by Gasteiger charge is 2.37. The SMILES string of the molecule is COc1cc(N2CC[C@@H](N(C)C)C2)c(NC(=O)/C2=C/OC(=O)C(O)C(O)C(=O)O2)cc1Nc1nccc(Nc2cc(Cl)c(F)cc2C(C)(C)O)n1. The number of carbonyl (C=O) groups excluding carboxylic acids is 3. The fraction of sp³-hybridized carbons (Fsp3) is 0.364. The Morgan fingerprint density at radius 3 is 2.49 bits per heavy atom. The predicted molar refractivity (Wildman–Crippen MR) is 183 cm³/mol. The van der Waals surface area contributed by atoms with E-state index in [1.165, 1.54) is 33.2 Å². The van der Waals surface area contributed by atoms with Gasteiger partial charge in [-0.05, 0) is 58.6 Å². The molecule has 3 aromatic rings. The number of aliphatic hydroxyl groups excluding tert-OH is 2. The lowest BCUT2D eigenvalue weighted by atomic mass is 9.96. The second-order valence-electron chi connectivity index (χ2n) is 12.5. The third-order valence-electron chi connectivity index (χ3n) is 8.18. The molecule has 16 nitrogen and oxygen atoms in total. The molecule has 0 aliphatic carbocycles. The van der Waals surface area contributed by atoms with Crippen LogP contribution < -0.4 is 25.6 Å². The normalized spacial score (nSPS) is 20.5. The molecule has 272 valence electrons. The van der Waals surface area contributed by atoms with E-state index in [0.29, 0.717) is 42.2 Å². The first-order valence-electron chi connectivity index (χ1n) is 15.6. The van der Waals surface area contributed by atoms with E-state index < -0.39 is 47.2 Å². The van der Waals surface area contributed by atoms with Crippen molar-refractivity contribution in [3.8, 4) is 5.75 Å². The number of likely N-dealkylation sites (N-methyl/N-ethyl adjacent to an activating group) is 1. The summed E-state index contributed by atoms with van der Waals surface area (Å²) in [6, 6.07) is 7.45. The van der Waals surface area contributed by atoms with Crippen LogP contribution >= 0.6 is 11.6 Å². The maximum absolute atomic E-state index is 14.3. The van der Waals surface area contributed by atoms with Gasteiger partial charge in [0, 0.05) is 42.6 Å². The molecule has 2 aliphatic heterocycles. The van der Waals surface area contributed by atoms with Gasteiger partial charge in [-0.1, -0.05) is 11.6 Å². The number of halogens is 2. The standard InChI is InChI=1S/C33H37ClFN7O9/c1-33(2,48)17-10-19(35)18(34)11-20(17)37-26-6-8-36-32(40-26)39-22-12-21(23(13-24(22)49-5)42-9-7-16(14-42)41(3)4)38-29(45)25-15-50-30(46)27(43)28(44)31(47)51-25/h6,8,10-13,15-16,27-28,43-44,48H,7,9,14H2,1-5H3,(H,38,45)(H2,36,37,39,40)/b25-15-/t16-,27?,28?/m1/s1. The van der Waals surface area contributed by atoms with Crippen molar-refractivity contribution in [2.45, 2.75) is 44.1 Å². The number of hydrogen-bond donors (Lipinski definition) is 6. The van der Waals surface area contributed by atoms with Gasteiger partial charge in [-0.2, -0.15) is 4.98 Å². The molecule has 2 aromatic carbocycles. The number of aromatic nitrogens is 2. The highest BCUT2D eigenvalue weighted by atomic mass is 35.5. The van der Waals surface area contributed by atoms with Crippen LogP contribution in [0.1, 0.15) is 25.8 Å². The summed E-state index contributed by atoms with van der Waals surface area (Å²) in [5.74, 6) is -4.58. The molecule has 2 unspecified atom stereocenters. The molecule has 1 aromatic heterocycles. The summed E-state index contributed by atoms with van der Waals surface area (Å²) in [5, 5.41) is 38.9. The van der Waals surface area contributed by atoms with E-state index in [4.69, 9.17) is 25.8 Å². The predicted octanol–water partition coefficient (Wildman–Crippen LogP) is 2.73. The number of ether oxygens (including phenoxy) is 3. The summed E-state index contributed by atoms with van der Waals surface area (Å²) in [7, 11) is 5.38. The zero-order chi connectivity index (χ0) is 37.2. The zero-order valence-electron chi connectivity index (χ0n) is 28.2. The number of esters is 2. The molecule has 51 heavy (non-hydrogen) atoms. The summed E-state index contributed by atoms with van der Waals surface area (Å²) >= 11 is 6.04. The molecule has 1 fully saturated rings. The van der Waals surface area contributed by atoms with Gasteiger partial charge in [0.05, 0.1) is 34.8 Å². The summed E-state index contributed by atoms with van der Waals surface area (Å²) in [6.45, 7) is 4.22. The minimum Gasteiger partial charge on any atom is -0.494 e. The molecule has 3 atom stereocenters. The van der Waals surface area contributed by atoms with E-state index in [1.807, 2.05) is 19.0 Å². The van der Waals surface area contributed by atoms with Gasteiger partial charge in [0.1, 0.15) is 23.6 Å². The molecule has 0 saturated carbocycles. The van der Waals surface area contributed by atoms with Gasteiger partial charge in [-0.3, -0.25) is 4.79 Å². The first-order valence-corrected chi connectivity index (χ1v) is 16.0. The Bertz CT molecular complexity index is 1870. The second kappa shape index (κ2) is 15.0. The third-order valence-corrected chi connectivity index (χ3v) is 8.47. The van der Waals surface area contributed by atoms with Crippen LogP contribution in [0.4, 0.5) is 38.9 Å². The minimum atomic E-state index is -2.28. The van der Waals surface area contributed by atoms with Crippen LogP contribution in [-0.4, -0.2) is 101 Å². The molecule has 2 aliphatic rings. The van der Waals surface area contributed by atoms with Crippen molar-refractivity contribution in [1.82, 2.24) is 14.9 Å². The van der Waals surface area contributed by atoms with E-state index in [9.17, 15) is 34.1 Å². The van der Waals surface area contributed by atoms with Crippen LogP contribution in [-0.2, 0) is 29.5 Å². The molecular weight excluding hydrogens is 693 g/mol. The van der Waals surface area contributed by atoms with Gasteiger partial charge >= 0.3 is 11.9 Å². The first kappa shape index (κ1) is 37.2. The van der Waals surface area contributed by atoms with Crippen molar-refractivity contribution in [3.05, 3.63) is 65.0 Å². The lowest BCUT2D eigenvalue weighted by Gasteiger charge is -2.26. The average Bonchev–Trinajstić information content (AvgIpc) is 3.57. The molecular formula is C33H37ClFN7O9. The van der Waals surface area contributed by atoms with Crippen LogP contribution in [0, 0.1) is 5.82 Å². The van der Waals surface area contributed by atoms with E-state index in [0.717, 1.165) is 12.5 Å². The average molecular weight is 730 g/mol. The third kappa shape index (κ3) is 8.46. The lowest BCUT2D eigenvalue weighted by Crippen LogP contribution is -2.43. The largest absolute Gasteiger partial charge is 0.494 e. The van der Waals surface area contributed by atoms with E-state index in [-0.39, 0.29) is 34.1 Å². The number of cyclic esters (lactones) is 2. The van der Waals surface area contributed by atoms with E-state index in [1.54, 1.807) is 18.2 Å². The number of nitrogens with zero attached hydrogens (tertiary/aromatic N) is 4. The molecule has 0 spiro atoms. The molecule has 0 radical (unpaired) electrons. The molecule has 1 saturated heterocycles. The van der Waals surface area contributed by atoms with Crippen molar-refractivity contribution in [2.75, 3.05) is 55.1 Å². The van der Waals surface area contributed by atoms with Crippen LogP contribution in [0.25, 0.3) is 0 Å². The number of anilines is 6. The van der Waals surface area contributed by atoms with Gasteiger partial charge in [-0.25, -0.2) is 19.0 Å². The molecule has 0 bridgehead atoms. The number of rotatable bonds is 10. The fourth-order valence-electron chi connectivity index (χ4n) is 5.40. The molecule has 3 heterocycles. The Hall–Kier alpha value is -5.07. The summed E-state index contributed by atoms with van der Waals surface area (Å²) in [4.78, 5) is 50.6. The number of methoxy groups -OCH3 is 1. The quantitative estimate of drug-likeness (QED) is 0.166. The summed E-state index contributed by atoms with van der Waals surface area (Å²) in [6.07, 6.45) is -1.64. The number of carbonyl (C=O) groups is 3.